The average Bonchev–Trinajstić information content (AvgIpc) is 1.80. The highest BCUT2D eigenvalue weighted by Gasteiger charge is 2.23. The number of Topliss-reactive ketones (excluding diaryl/α,β-unsaturated/α-hetero) is 2. The van der Waals surface area contributed by atoms with Crippen molar-refractivity contribution in [3.63, 3.8) is 0 Å². The Morgan fingerprint density at radius 3 is 2.44 bits per heavy atom. The fraction of sp³-hybridized carbons (Fsp3) is 0.667. The lowest BCUT2D eigenvalue weighted by Gasteiger charge is -2.13. The predicted molar refractivity (Wildman–Crippen MR) is 31.8 cm³/mol. The molecule has 0 heterocycles. The van der Waals surface area contributed by atoms with E-state index in [-0.39, 0.29) is 24.0 Å². The zero-order valence-electron chi connectivity index (χ0n) is 5.09. The van der Waals surface area contributed by atoms with Gasteiger partial charge in [-0.05, 0) is 6.42 Å². The first-order chi connectivity index (χ1) is 4.20. The van der Waals surface area contributed by atoms with Gasteiger partial charge in [0.05, 0.1) is 0 Å². The normalized spacial score (nSPS) is 28.8. The molecular formula is C6H9NO2. The third-order valence-electron chi connectivity index (χ3n) is 1.50. The molecule has 50 valence electrons. The SMILES string of the molecule is NC1CCC(=O)C(=O)C1. The molecule has 1 aliphatic rings. The molecule has 1 fully saturated rings. The highest BCUT2D eigenvalue weighted by molar-refractivity contribution is 6.37. The second kappa shape index (κ2) is 2.27. The highest BCUT2D eigenvalue weighted by atomic mass is 16.2. The monoisotopic (exact) mass is 127 g/mol. The van der Waals surface area contributed by atoms with E-state index in [1.165, 1.54) is 0 Å². The minimum atomic E-state index is -0.297. The van der Waals surface area contributed by atoms with Crippen molar-refractivity contribution in [2.75, 3.05) is 0 Å². The van der Waals surface area contributed by atoms with Gasteiger partial charge in [0, 0.05) is 18.9 Å². The maximum atomic E-state index is 10.6. The number of hydrogen-bond donors (Lipinski definition) is 1. The number of ketones is 2. The van der Waals surface area contributed by atoms with Gasteiger partial charge in [0.1, 0.15) is 0 Å². The molecule has 1 unspecified atom stereocenters. The molecule has 0 radical (unpaired) electrons. The Hall–Kier alpha value is -0.700. The van der Waals surface area contributed by atoms with E-state index in [9.17, 15) is 9.59 Å². The van der Waals surface area contributed by atoms with E-state index in [1.807, 2.05) is 0 Å². The maximum absolute atomic E-state index is 10.6. The third kappa shape index (κ3) is 1.36. The summed E-state index contributed by atoms with van der Waals surface area (Å²) in [7, 11) is 0. The largest absolute Gasteiger partial charge is 0.327 e. The van der Waals surface area contributed by atoms with Gasteiger partial charge in [0.25, 0.3) is 0 Å². The predicted octanol–water partition coefficient (Wildman–Crippen LogP) is -0.364. The molecule has 1 atom stereocenters. The number of nitrogens with two attached hydrogens (primary N) is 1. The molecule has 0 saturated heterocycles. The van der Waals surface area contributed by atoms with Crippen LogP contribution in [0, 0.1) is 0 Å². The molecule has 0 aromatic carbocycles. The van der Waals surface area contributed by atoms with Crippen molar-refractivity contribution < 1.29 is 9.59 Å². The van der Waals surface area contributed by atoms with Crippen molar-refractivity contribution in [3.05, 3.63) is 0 Å². The number of carbonyl (C=O) groups is 2. The second-order valence-electron chi connectivity index (χ2n) is 2.35. The molecule has 9 heavy (non-hydrogen) atoms. The molecular weight excluding hydrogens is 118 g/mol. The summed E-state index contributed by atoms with van der Waals surface area (Å²) in [5.74, 6) is -0.551. The minimum absolute atomic E-state index is 0.0739. The zero-order chi connectivity index (χ0) is 6.85. The minimum Gasteiger partial charge on any atom is -0.327 e. The van der Waals surface area contributed by atoms with Gasteiger partial charge in [-0.2, -0.15) is 0 Å². The van der Waals surface area contributed by atoms with Crippen LogP contribution in [0.15, 0.2) is 0 Å². The van der Waals surface area contributed by atoms with E-state index >= 15 is 0 Å². The Morgan fingerprint density at radius 2 is 2.00 bits per heavy atom. The Balaban J connectivity index is 2.54. The molecule has 1 rings (SSSR count). The van der Waals surface area contributed by atoms with Crippen LogP contribution in [0.3, 0.4) is 0 Å². The molecule has 0 aromatic heterocycles. The van der Waals surface area contributed by atoms with Crippen LogP contribution >= 0.6 is 0 Å². The fourth-order valence-corrected chi connectivity index (χ4v) is 0.910. The Morgan fingerprint density at radius 1 is 1.33 bits per heavy atom. The van der Waals surface area contributed by atoms with Gasteiger partial charge in [-0.15, -0.1) is 0 Å². The van der Waals surface area contributed by atoms with Crippen LogP contribution in [-0.4, -0.2) is 17.6 Å². The molecule has 3 nitrogen and oxygen atoms in total. The summed E-state index contributed by atoms with van der Waals surface area (Å²) in [5.41, 5.74) is 5.41. The van der Waals surface area contributed by atoms with Crippen molar-refractivity contribution in [1.29, 1.82) is 0 Å². The molecule has 0 aliphatic heterocycles. The molecule has 0 aromatic rings. The molecule has 0 spiro atoms. The number of hydrogen-bond acceptors (Lipinski definition) is 3. The molecule has 0 bridgehead atoms. The summed E-state index contributed by atoms with van der Waals surface area (Å²) in [6, 6.07) is -0.0739. The van der Waals surface area contributed by atoms with Crippen molar-refractivity contribution in [1.82, 2.24) is 0 Å². The van der Waals surface area contributed by atoms with Crippen molar-refractivity contribution >= 4 is 11.6 Å². The quantitative estimate of drug-likeness (QED) is 0.452. The van der Waals surface area contributed by atoms with E-state index in [4.69, 9.17) is 5.73 Å². The number of carbonyl (C=O) groups excluding carboxylic acids is 2. The topological polar surface area (TPSA) is 60.2 Å². The van der Waals surface area contributed by atoms with Gasteiger partial charge in [-0.25, -0.2) is 0 Å². The van der Waals surface area contributed by atoms with Gasteiger partial charge < -0.3 is 5.73 Å². The van der Waals surface area contributed by atoms with Gasteiger partial charge in [-0.3, -0.25) is 9.59 Å². The lowest BCUT2D eigenvalue weighted by atomic mass is 9.94. The standard InChI is InChI=1S/C6H9NO2/c7-4-1-2-5(8)6(9)3-4/h4H,1-3,7H2. The molecule has 1 saturated carbocycles. The summed E-state index contributed by atoms with van der Waals surface area (Å²) in [4.78, 5) is 21.1. The van der Waals surface area contributed by atoms with Crippen molar-refractivity contribution in [3.8, 4) is 0 Å². The first-order valence-electron chi connectivity index (χ1n) is 3.02. The van der Waals surface area contributed by atoms with Crippen LogP contribution in [0.4, 0.5) is 0 Å². The van der Waals surface area contributed by atoms with Crippen LogP contribution in [0.25, 0.3) is 0 Å². The summed E-state index contributed by atoms with van der Waals surface area (Å²) < 4.78 is 0. The van der Waals surface area contributed by atoms with E-state index in [0.29, 0.717) is 12.8 Å². The Bertz CT molecular complexity index is 153. The second-order valence-corrected chi connectivity index (χ2v) is 2.35. The first-order valence-corrected chi connectivity index (χ1v) is 3.02. The van der Waals surface area contributed by atoms with Crippen molar-refractivity contribution in [2.45, 2.75) is 25.3 Å². The lowest BCUT2D eigenvalue weighted by Crippen LogP contribution is -2.33. The van der Waals surface area contributed by atoms with E-state index in [0.717, 1.165) is 0 Å². The lowest BCUT2D eigenvalue weighted by molar-refractivity contribution is -0.138. The van der Waals surface area contributed by atoms with Gasteiger partial charge in [0.2, 0.25) is 0 Å². The van der Waals surface area contributed by atoms with E-state index in [2.05, 4.69) is 0 Å². The van der Waals surface area contributed by atoms with Gasteiger partial charge in [-0.1, -0.05) is 0 Å². The molecule has 3 heteroatoms. The fourth-order valence-electron chi connectivity index (χ4n) is 0.910. The maximum Gasteiger partial charge on any atom is 0.199 e. The smallest absolute Gasteiger partial charge is 0.199 e. The Kier molecular flexibility index (Phi) is 1.62. The summed E-state index contributed by atoms with van der Waals surface area (Å²) in [6.07, 6.45) is 1.27. The Labute approximate surface area is 53.2 Å². The molecule has 2 N–H and O–H groups in total. The van der Waals surface area contributed by atoms with Crippen LogP contribution in [0.5, 0.6) is 0 Å². The highest BCUT2D eigenvalue weighted by Crippen LogP contribution is 2.08. The van der Waals surface area contributed by atoms with Crippen LogP contribution in [-0.2, 0) is 9.59 Å². The van der Waals surface area contributed by atoms with Crippen LogP contribution in [0.2, 0.25) is 0 Å². The summed E-state index contributed by atoms with van der Waals surface area (Å²) in [6.45, 7) is 0. The third-order valence-corrected chi connectivity index (χ3v) is 1.50. The van der Waals surface area contributed by atoms with Gasteiger partial charge in [0.15, 0.2) is 11.6 Å². The van der Waals surface area contributed by atoms with Crippen LogP contribution < -0.4 is 5.73 Å². The first kappa shape index (κ1) is 6.42. The summed E-state index contributed by atoms with van der Waals surface area (Å²) >= 11 is 0. The van der Waals surface area contributed by atoms with Gasteiger partial charge >= 0.3 is 0 Å². The zero-order valence-corrected chi connectivity index (χ0v) is 5.09. The van der Waals surface area contributed by atoms with Crippen LogP contribution in [0.1, 0.15) is 19.3 Å². The molecule has 1 aliphatic carbocycles. The van der Waals surface area contributed by atoms with E-state index < -0.39 is 0 Å². The average molecular weight is 127 g/mol. The van der Waals surface area contributed by atoms with E-state index in [1.54, 1.807) is 0 Å². The summed E-state index contributed by atoms with van der Waals surface area (Å²) in [5, 5.41) is 0. The molecule has 0 amide bonds. The number of rotatable bonds is 0. The van der Waals surface area contributed by atoms with Crippen molar-refractivity contribution in [2.24, 2.45) is 5.73 Å².